The van der Waals surface area contributed by atoms with Gasteiger partial charge in [-0.05, 0) is 18.2 Å². The molecule has 3 rings (SSSR count). The molecule has 8 heteroatoms. The molecular weight excluding hydrogens is 384 g/mol. The molecule has 2 aromatic carbocycles. The highest BCUT2D eigenvalue weighted by Gasteiger charge is 2.27. The first-order chi connectivity index (χ1) is 13.5. The van der Waals surface area contributed by atoms with Crippen molar-refractivity contribution in [2.24, 2.45) is 0 Å². The standard InChI is InChI=1S/C20H23ClN2O5/c1-23-14(11-28-16-6-5-12(21)7-15(16)23)10-19(24)22-13-8-17(25-2)20(27-4)18(9-13)26-3/h5-9,14H,10-11H2,1-4H3,(H,22,24)/t14-/m0/s1. The van der Waals surface area contributed by atoms with Crippen LogP contribution in [-0.2, 0) is 4.79 Å². The molecule has 0 saturated carbocycles. The third kappa shape index (κ3) is 4.04. The summed E-state index contributed by atoms with van der Waals surface area (Å²) in [6, 6.07) is 8.71. The van der Waals surface area contributed by atoms with Crippen molar-refractivity contribution < 1.29 is 23.7 Å². The Labute approximate surface area is 169 Å². The smallest absolute Gasteiger partial charge is 0.226 e. The number of halogens is 1. The van der Waals surface area contributed by atoms with Crippen LogP contribution in [0.3, 0.4) is 0 Å². The lowest BCUT2D eigenvalue weighted by Gasteiger charge is -2.35. The summed E-state index contributed by atoms with van der Waals surface area (Å²) in [6.45, 7) is 0.411. The third-order valence-electron chi connectivity index (χ3n) is 4.65. The highest BCUT2D eigenvalue weighted by molar-refractivity contribution is 6.31. The second-order valence-corrected chi connectivity index (χ2v) is 6.79. The van der Waals surface area contributed by atoms with Crippen LogP contribution in [0.25, 0.3) is 0 Å². The zero-order valence-electron chi connectivity index (χ0n) is 16.2. The molecule has 1 N–H and O–H groups in total. The zero-order chi connectivity index (χ0) is 20.3. The molecule has 0 radical (unpaired) electrons. The molecule has 1 amide bonds. The molecule has 1 aliphatic rings. The number of carbonyl (C=O) groups is 1. The van der Waals surface area contributed by atoms with Gasteiger partial charge in [0.25, 0.3) is 0 Å². The number of carbonyl (C=O) groups excluding carboxylic acids is 1. The van der Waals surface area contributed by atoms with Crippen molar-refractivity contribution in [3.8, 4) is 23.0 Å². The lowest BCUT2D eigenvalue weighted by atomic mass is 10.1. The molecule has 0 unspecified atom stereocenters. The maximum Gasteiger partial charge on any atom is 0.226 e. The van der Waals surface area contributed by atoms with Crippen LogP contribution in [-0.4, -0.2) is 46.9 Å². The van der Waals surface area contributed by atoms with Gasteiger partial charge in [0.15, 0.2) is 11.5 Å². The number of fused-ring (bicyclic) bond motifs is 1. The van der Waals surface area contributed by atoms with Crippen molar-refractivity contribution in [3.05, 3.63) is 35.4 Å². The Morgan fingerprint density at radius 3 is 2.46 bits per heavy atom. The van der Waals surface area contributed by atoms with Gasteiger partial charge >= 0.3 is 0 Å². The van der Waals surface area contributed by atoms with E-state index in [1.54, 1.807) is 18.2 Å². The first-order valence-electron chi connectivity index (χ1n) is 8.71. The van der Waals surface area contributed by atoms with Gasteiger partial charge in [-0.2, -0.15) is 0 Å². The van der Waals surface area contributed by atoms with E-state index in [2.05, 4.69) is 5.32 Å². The van der Waals surface area contributed by atoms with E-state index in [-0.39, 0.29) is 18.4 Å². The van der Waals surface area contributed by atoms with E-state index >= 15 is 0 Å². The average Bonchev–Trinajstić information content (AvgIpc) is 2.69. The summed E-state index contributed by atoms with van der Waals surface area (Å²) < 4.78 is 21.7. The van der Waals surface area contributed by atoms with Crippen LogP contribution in [0, 0.1) is 0 Å². The molecule has 0 fully saturated rings. The molecule has 0 spiro atoms. The number of benzene rings is 2. The predicted molar refractivity (Wildman–Crippen MR) is 108 cm³/mol. The van der Waals surface area contributed by atoms with E-state index in [0.29, 0.717) is 34.6 Å². The number of nitrogens with one attached hydrogen (secondary N) is 1. The average molecular weight is 407 g/mol. The summed E-state index contributed by atoms with van der Waals surface area (Å²) in [4.78, 5) is 14.6. The summed E-state index contributed by atoms with van der Waals surface area (Å²) in [5.74, 6) is 2.02. The summed E-state index contributed by atoms with van der Waals surface area (Å²) >= 11 is 6.09. The molecule has 2 aromatic rings. The van der Waals surface area contributed by atoms with Crippen molar-refractivity contribution in [3.63, 3.8) is 0 Å². The number of ether oxygens (including phenoxy) is 4. The Morgan fingerprint density at radius 1 is 1.18 bits per heavy atom. The monoisotopic (exact) mass is 406 g/mol. The molecule has 0 saturated heterocycles. The second kappa shape index (κ2) is 8.48. The van der Waals surface area contributed by atoms with Gasteiger partial charge in [0.1, 0.15) is 12.4 Å². The molecule has 0 bridgehead atoms. The van der Waals surface area contributed by atoms with E-state index in [4.69, 9.17) is 30.5 Å². The van der Waals surface area contributed by atoms with Gasteiger partial charge < -0.3 is 29.2 Å². The molecule has 1 aliphatic heterocycles. The zero-order valence-corrected chi connectivity index (χ0v) is 17.0. The Morgan fingerprint density at radius 2 is 1.86 bits per heavy atom. The van der Waals surface area contributed by atoms with Crippen LogP contribution >= 0.6 is 11.6 Å². The maximum atomic E-state index is 12.6. The van der Waals surface area contributed by atoms with Gasteiger partial charge in [-0.1, -0.05) is 11.6 Å². The minimum atomic E-state index is -0.153. The first-order valence-corrected chi connectivity index (χ1v) is 9.09. The Balaban J connectivity index is 1.72. The topological polar surface area (TPSA) is 69.3 Å². The van der Waals surface area contributed by atoms with E-state index < -0.39 is 0 Å². The van der Waals surface area contributed by atoms with Crippen LogP contribution in [0.1, 0.15) is 6.42 Å². The Kier molecular flexibility index (Phi) is 6.04. The number of anilines is 2. The van der Waals surface area contributed by atoms with Gasteiger partial charge in [0, 0.05) is 29.9 Å². The number of hydrogen-bond donors (Lipinski definition) is 1. The third-order valence-corrected chi connectivity index (χ3v) is 4.88. The Hall–Kier alpha value is -2.80. The van der Waals surface area contributed by atoms with Crippen molar-refractivity contribution in [2.75, 3.05) is 45.2 Å². The van der Waals surface area contributed by atoms with Crippen molar-refractivity contribution in [2.45, 2.75) is 12.5 Å². The molecule has 0 aliphatic carbocycles. The van der Waals surface area contributed by atoms with Gasteiger partial charge in [-0.25, -0.2) is 0 Å². The van der Waals surface area contributed by atoms with E-state index in [0.717, 1.165) is 11.4 Å². The molecule has 7 nitrogen and oxygen atoms in total. The lowest BCUT2D eigenvalue weighted by molar-refractivity contribution is -0.116. The van der Waals surface area contributed by atoms with E-state index in [1.807, 2.05) is 24.1 Å². The predicted octanol–water partition coefficient (Wildman–Crippen LogP) is 3.59. The SMILES string of the molecule is COc1cc(NC(=O)C[C@H]2COc3ccc(Cl)cc3N2C)cc(OC)c1OC. The molecule has 150 valence electrons. The maximum absolute atomic E-state index is 12.6. The number of amides is 1. The fourth-order valence-electron chi connectivity index (χ4n) is 3.16. The van der Waals surface area contributed by atoms with Crippen LogP contribution in [0.4, 0.5) is 11.4 Å². The highest BCUT2D eigenvalue weighted by Crippen LogP contribution is 2.40. The van der Waals surface area contributed by atoms with Crippen LogP contribution in [0.5, 0.6) is 23.0 Å². The molecular formula is C20H23ClN2O5. The number of rotatable bonds is 6. The molecule has 1 atom stereocenters. The number of likely N-dealkylation sites (N-methyl/N-ethyl adjacent to an activating group) is 1. The molecule has 1 heterocycles. The van der Waals surface area contributed by atoms with Crippen LogP contribution in [0.15, 0.2) is 30.3 Å². The normalized spacial score (nSPS) is 15.3. The fourth-order valence-corrected chi connectivity index (χ4v) is 3.32. The van der Waals surface area contributed by atoms with Gasteiger partial charge in [0.2, 0.25) is 11.7 Å². The van der Waals surface area contributed by atoms with Crippen LogP contribution < -0.4 is 29.2 Å². The van der Waals surface area contributed by atoms with Crippen molar-refractivity contribution >= 4 is 28.9 Å². The van der Waals surface area contributed by atoms with Gasteiger partial charge in [-0.15, -0.1) is 0 Å². The van der Waals surface area contributed by atoms with Crippen molar-refractivity contribution in [1.82, 2.24) is 0 Å². The fraction of sp³-hybridized carbons (Fsp3) is 0.350. The van der Waals surface area contributed by atoms with Crippen LogP contribution in [0.2, 0.25) is 5.02 Å². The van der Waals surface area contributed by atoms with E-state index in [9.17, 15) is 4.79 Å². The Bertz CT molecular complexity index is 849. The first kappa shape index (κ1) is 19.9. The van der Waals surface area contributed by atoms with Crippen molar-refractivity contribution in [1.29, 1.82) is 0 Å². The second-order valence-electron chi connectivity index (χ2n) is 6.35. The molecule has 0 aromatic heterocycles. The summed E-state index contributed by atoms with van der Waals surface area (Å²) in [7, 11) is 6.51. The number of nitrogens with zero attached hydrogens (tertiary/aromatic N) is 1. The van der Waals surface area contributed by atoms with Gasteiger partial charge in [0.05, 0.1) is 39.5 Å². The number of methoxy groups -OCH3 is 3. The van der Waals surface area contributed by atoms with Gasteiger partial charge in [-0.3, -0.25) is 4.79 Å². The lowest BCUT2D eigenvalue weighted by Crippen LogP contribution is -2.42. The summed E-state index contributed by atoms with van der Waals surface area (Å²) in [6.07, 6.45) is 0.249. The summed E-state index contributed by atoms with van der Waals surface area (Å²) in [5, 5.41) is 3.51. The highest BCUT2D eigenvalue weighted by atomic mass is 35.5. The largest absolute Gasteiger partial charge is 0.493 e. The minimum Gasteiger partial charge on any atom is -0.493 e. The summed E-state index contributed by atoms with van der Waals surface area (Å²) in [5.41, 5.74) is 1.42. The quantitative estimate of drug-likeness (QED) is 0.790. The number of hydrogen-bond acceptors (Lipinski definition) is 6. The molecule has 28 heavy (non-hydrogen) atoms. The van der Waals surface area contributed by atoms with E-state index in [1.165, 1.54) is 21.3 Å². The minimum absolute atomic E-state index is 0.118.